The molecule has 2 aromatic heterocycles. The molecule has 10 heteroatoms. The van der Waals surface area contributed by atoms with E-state index in [-0.39, 0.29) is 35.7 Å². The molecule has 2 aromatic carbocycles. The summed E-state index contributed by atoms with van der Waals surface area (Å²) in [5.74, 6) is 0.307. The van der Waals surface area contributed by atoms with Gasteiger partial charge in [0.1, 0.15) is 5.82 Å². The number of hydrogen-bond acceptors (Lipinski definition) is 6. The van der Waals surface area contributed by atoms with Crippen LogP contribution in [0.4, 0.5) is 11.5 Å². The van der Waals surface area contributed by atoms with Crippen molar-refractivity contribution in [3.8, 4) is 11.3 Å². The van der Waals surface area contributed by atoms with Crippen molar-refractivity contribution in [1.82, 2.24) is 19.7 Å². The Morgan fingerprint density at radius 3 is 2.38 bits per heavy atom. The lowest BCUT2D eigenvalue weighted by Gasteiger charge is -2.49. The van der Waals surface area contributed by atoms with Gasteiger partial charge in [0.25, 0.3) is 11.8 Å². The van der Waals surface area contributed by atoms with Gasteiger partial charge < -0.3 is 20.6 Å². The number of piperidine rings is 1. The molecular formula is C35H39ClN6O3. The van der Waals surface area contributed by atoms with Crippen LogP contribution >= 0.6 is 11.6 Å². The highest BCUT2D eigenvalue weighted by Gasteiger charge is 2.45. The Kier molecular flexibility index (Phi) is 8.92. The van der Waals surface area contributed by atoms with Gasteiger partial charge in [0.05, 0.1) is 34.1 Å². The number of aromatic nitrogens is 3. The summed E-state index contributed by atoms with van der Waals surface area (Å²) in [6.07, 6.45) is 6.31. The molecule has 3 unspecified atom stereocenters. The van der Waals surface area contributed by atoms with E-state index in [1.54, 1.807) is 36.5 Å². The van der Waals surface area contributed by atoms with Crippen LogP contribution in [0.15, 0.2) is 73.1 Å². The highest BCUT2D eigenvalue weighted by molar-refractivity contribution is 6.34. The summed E-state index contributed by atoms with van der Waals surface area (Å²) in [7, 11) is 1.92. The van der Waals surface area contributed by atoms with Gasteiger partial charge in [0.15, 0.2) is 0 Å². The maximum Gasteiger partial charge on any atom is 0.257 e. The number of likely N-dealkylation sites (tertiary alicyclic amines) is 1. The van der Waals surface area contributed by atoms with Crippen molar-refractivity contribution in [2.24, 2.45) is 13.0 Å². The number of nitrogens with zero attached hydrogens (tertiary/aromatic N) is 4. The Morgan fingerprint density at radius 1 is 1.00 bits per heavy atom. The van der Waals surface area contributed by atoms with Gasteiger partial charge in [0.2, 0.25) is 0 Å². The SMILES string of the molecule is CC(C)Nc1ccc(C(=O)Nc2cc(C(=O)N3CCC(c4ccc(-c5ccnn5C)cc4)C(O)C3C3CCC3)ccc2Cl)cn1. The Bertz CT molecular complexity index is 1670. The molecule has 3 heterocycles. The van der Waals surface area contributed by atoms with E-state index in [2.05, 4.69) is 45.0 Å². The van der Waals surface area contributed by atoms with Crippen molar-refractivity contribution in [3.63, 3.8) is 0 Å². The Hall–Kier alpha value is -4.21. The number of rotatable bonds is 8. The fourth-order valence-electron chi connectivity index (χ4n) is 6.52. The van der Waals surface area contributed by atoms with Gasteiger partial charge >= 0.3 is 0 Å². The number of anilines is 2. The zero-order valence-electron chi connectivity index (χ0n) is 25.8. The summed E-state index contributed by atoms with van der Waals surface area (Å²) in [6, 6.07) is 18.6. The van der Waals surface area contributed by atoms with E-state index in [4.69, 9.17) is 11.6 Å². The van der Waals surface area contributed by atoms with Crippen molar-refractivity contribution >= 4 is 34.9 Å². The lowest BCUT2D eigenvalue weighted by atomic mass is 9.70. The number of halogens is 1. The minimum Gasteiger partial charge on any atom is -0.390 e. The molecule has 0 radical (unpaired) electrons. The van der Waals surface area contributed by atoms with Gasteiger partial charge in [-0.15, -0.1) is 0 Å². The number of carbonyl (C=O) groups excluding carboxylic acids is 2. The molecule has 3 N–H and O–H groups in total. The van der Waals surface area contributed by atoms with Crippen molar-refractivity contribution < 1.29 is 14.7 Å². The summed E-state index contributed by atoms with van der Waals surface area (Å²) in [5.41, 5.74) is 4.31. The van der Waals surface area contributed by atoms with Gasteiger partial charge in [0, 0.05) is 43.5 Å². The zero-order valence-corrected chi connectivity index (χ0v) is 26.5. The molecule has 1 saturated carbocycles. The number of nitrogens with one attached hydrogen (secondary N) is 2. The fourth-order valence-corrected chi connectivity index (χ4v) is 6.68. The molecule has 2 fully saturated rings. The first-order chi connectivity index (χ1) is 21.7. The van der Waals surface area contributed by atoms with Gasteiger partial charge in [-0.1, -0.05) is 42.3 Å². The minimum atomic E-state index is -0.692. The van der Waals surface area contributed by atoms with Crippen LogP contribution in [0, 0.1) is 5.92 Å². The van der Waals surface area contributed by atoms with Gasteiger partial charge in [-0.3, -0.25) is 14.3 Å². The van der Waals surface area contributed by atoms with Crippen LogP contribution in [0.5, 0.6) is 0 Å². The number of aryl methyl sites for hydroxylation is 1. The molecule has 234 valence electrons. The van der Waals surface area contributed by atoms with Crippen LogP contribution in [-0.4, -0.2) is 61.3 Å². The quantitative estimate of drug-likeness (QED) is 0.210. The summed E-state index contributed by atoms with van der Waals surface area (Å²) >= 11 is 6.46. The summed E-state index contributed by atoms with van der Waals surface area (Å²) in [5, 5.41) is 22.4. The molecule has 6 rings (SSSR count). The molecule has 1 saturated heterocycles. The number of pyridine rings is 1. The minimum absolute atomic E-state index is 0.0731. The summed E-state index contributed by atoms with van der Waals surface area (Å²) < 4.78 is 1.84. The predicted octanol–water partition coefficient (Wildman–Crippen LogP) is 6.37. The maximum absolute atomic E-state index is 14.0. The smallest absolute Gasteiger partial charge is 0.257 e. The van der Waals surface area contributed by atoms with Gasteiger partial charge in [-0.2, -0.15) is 5.10 Å². The first-order valence-electron chi connectivity index (χ1n) is 15.6. The normalized spacial score (nSPS) is 20.1. The highest BCUT2D eigenvalue weighted by atomic mass is 35.5. The van der Waals surface area contributed by atoms with E-state index in [0.29, 0.717) is 40.6 Å². The topological polar surface area (TPSA) is 112 Å². The second kappa shape index (κ2) is 13.0. The van der Waals surface area contributed by atoms with Crippen LogP contribution in [0.1, 0.15) is 71.7 Å². The van der Waals surface area contributed by atoms with E-state index in [1.165, 1.54) is 6.20 Å². The molecule has 2 amide bonds. The molecule has 1 aliphatic heterocycles. The van der Waals surface area contributed by atoms with Crippen LogP contribution in [-0.2, 0) is 7.05 Å². The third-order valence-electron chi connectivity index (χ3n) is 9.08. The Labute approximate surface area is 268 Å². The molecular weight excluding hydrogens is 588 g/mol. The molecule has 45 heavy (non-hydrogen) atoms. The second-order valence-corrected chi connectivity index (χ2v) is 12.8. The molecule has 9 nitrogen and oxygen atoms in total. The first kappa shape index (κ1) is 30.8. The second-order valence-electron chi connectivity index (χ2n) is 12.4. The number of carbonyl (C=O) groups is 2. The predicted molar refractivity (Wildman–Crippen MR) is 177 cm³/mol. The van der Waals surface area contributed by atoms with Crippen LogP contribution in [0.3, 0.4) is 0 Å². The average Bonchev–Trinajstić information content (AvgIpc) is 3.44. The van der Waals surface area contributed by atoms with Crippen molar-refractivity contribution in [3.05, 3.63) is 94.8 Å². The van der Waals surface area contributed by atoms with E-state index in [0.717, 1.165) is 36.1 Å². The van der Waals surface area contributed by atoms with Crippen LogP contribution < -0.4 is 10.6 Å². The number of benzene rings is 2. The van der Waals surface area contributed by atoms with Gasteiger partial charge in [-0.05, 0) is 86.6 Å². The lowest BCUT2D eigenvalue weighted by Crippen LogP contribution is -2.58. The van der Waals surface area contributed by atoms with E-state index in [9.17, 15) is 14.7 Å². The van der Waals surface area contributed by atoms with E-state index >= 15 is 0 Å². The maximum atomic E-state index is 14.0. The van der Waals surface area contributed by atoms with Crippen LogP contribution in [0.2, 0.25) is 5.02 Å². The third-order valence-corrected chi connectivity index (χ3v) is 9.41. The van der Waals surface area contributed by atoms with Crippen LogP contribution in [0.25, 0.3) is 11.3 Å². The number of aliphatic hydroxyl groups is 1. The molecule has 2 aliphatic rings. The van der Waals surface area contributed by atoms with Gasteiger partial charge in [-0.25, -0.2) is 4.98 Å². The average molecular weight is 627 g/mol. The molecule has 0 spiro atoms. The van der Waals surface area contributed by atoms with Crippen molar-refractivity contribution in [2.45, 2.75) is 63.6 Å². The van der Waals surface area contributed by atoms with E-state index in [1.807, 2.05) is 36.5 Å². The molecule has 4 aromatic rings. The Balaban J connectivity index is 1.19. The highest BCUT2D eigenvalue weighted by Crippen LogP contribution is 2.42. The van der Waals surface area contributed by atoms with E-state index < -0.39 is 6.10 Å². The van der Waals surface area contributed by atoms with Crippen molar-refractivity contribution in [1.29, 1.82) is 0 Å². The lowest BCUT2D eigenvalue weighted by molar-refractivity contribution is -0.0380. The van der Waals surface area contributed by atoms with Crippen molar-refractivity contribution in [2.75, 3.05) is 17.2 Å². The zero-order chi connectivity index (χ0) is 31.7. The fraction of sp³-hybridized carbons (Fsp3) is 0.371. The number of amides is 2. The summed E-state index contributed by atoms with van der Waals surface area (Å²) in [6.45, 7) is 4.55. The summed E-state index contributed by atoms with van der Waals surface area (Å²) in [4.78, 5) is 33.2. The largest absolute Gasteiger partial charge is 0.390 e. The third kappa shape index (κ3) is 6.46. The monoisotopic (exact) mass is 626 g/mol. The first-order valence-corrected chi connectivity index (χ1v) is 16.0. The number of aliphatic hydroxyl groups excluding tert-OH is 1. The molecule has 0 bridgehead atoms. The Morgan fingerprint density at radius 2 is 1.76 bits per heavy atom. The molecule has 3 atom stereocenters. The standard InChI is InChI=1S/C35H39ClN6O3/c1-21(2)39-31-14-12-26(20-37-31)34(44)40-29-19-25(11-13-28(29)36)35(45)42-18-16-27(33(43)32(42)24-5-4-6-24)22-7-9-23(10-8-22)30-15-17-38-41(30)3/h7-15,17,19-21,24,27,32-33,43H,4-6,16,18H2,1-3H3,(H,37,39)(H,40,44). The number of hydrogen-bond donors (Lipinski definition) is 3. The molecule has 1 aliphatic carbocycles.